The van der Waals surface area contributed by atoms with Crippen molar-refractivity contribution in [3.63, 3.8) is 0 Å². The van der Waals surface area contributed by atoms with E-state index in [-0.39, 0.29) is 0 Å². The zero-order chi connectivity index (χ0) is 11.4. The summed E-state index contributed by atoms with van der Waals surface area (Å²) in [6.07, 6.45) is 15.3. The lowest BCUT2D eigenvalue weighted by Crippen LogP contribution is -2.01. The van der Waals surface area contributed by atoms with E-state index in [0.717, 1.165) is 12.3 Å². The molecule has 0 heteroatoms. The summed E-state index contributed by atoms with van der Waals surface area (Å²) in [6.45, 7) is 8.54. The molecule has 0 spiro atoms. The fourth-order valence-corrected chi connectivity index (χ4v) is 2.23. The van der Waals surface area contributed by atoms with Crippen molar-refractivity contribution in [3.8, 4) is 0 Å². The Balaban J connectivity index is 3.53. The van der Waals surface area contributed by atoms with Crippen LogP contribution in [0.1, 0.15) is 84.5 Å². The Labute approximate surface area is 97.8 Å². The Morgan fingerprint density at radius 1 is 0.733 bits per heavy atom. The highest BCUT2D eigenvalue weighted by Crippen LogP contribution is 2.22. The van der Waals surface area contributed by atoms with Gasteiger partial charge in [0, 0.05) is 0 Å². The average molecular weight is 211 g/mol. The predicted octanol–water partition coefficient (Wildman–Crippen LogP) is 5.77. The van der Waals surface area contributed by atoms with E-state index >= 15 is 0 Å². The molecule has 0 aliphatic heterocycles. The van der Waals surface area contributed by atoms with Crippen LogP contribution in [0.2, 0.25) is 0 Å². The Bertz CT molecular complexity index is 96.6. The van der Waals surface area contributed by atoms with E-state index < -0.39 is 0 Å². The number of rotatable bonds is 11. The molecule has 0 aromatic heterocycles. The third-order valence-corrected chi connectivity index (χ3v) is 3.29. The topological polar surface area (TPSA) is 0 Å². The smallest absolute Gasteiger partial charge is 0.0414 e. The highest BCUT2D eigenvalue weighted by Gasteiger charge is 2.07. The number of hydrogen-bond acceptors (Lipinski definition) is 0. The molecule has 0 aromatic carbocycles. The average Bonchev–Trinajstić information content (AvgIpc) is 2.25. The molecular weight excluding hydrogens is 180 g/mol. The second kappa shape index (κ2) is 12.1. The Kier molecular flexibility index (Phi) is 12.1. The van der Waals surface area contributed by atoms with E-state index in [0.29, 0.717) is 0 Å². The van der Waals surface area contributed by atoms with Gasteiger partial charge in [0.05, 0.1) is 0 Å². The van der Waals surface area contributed by atoms with E-state index in [1.807, 2.05) is 0 Å². The maximum Gasteiger partial charge on any atom is -0.0414 e. The van der Waals surface area contributed by atoms with E-state index in [4.69, 9.17) is 0 Å². The molecule has 0 saturated carbocycles. The largest absolute Gasteiger partial charge is 0.0654 e. The summed E-state index contributed by atoms with van der Waals surface area (Å²) in [7, 11) is 0. The molecule has 0 fully saturated rings. The van der Waals surface area contributed by atoms with Crippen LogP contribution in [-0.4, -0.2) is 0 Å². The second-order valence-electron chi connectivity index (χ2n) is 4.85. The highest BCUT2D eigenvalue weighted by molar-refractivity contribution is 4.61. The van der Waals surface area contributed by atoms with Crippen molar-refractivity contribution in [2.75, 3.05) is 0 Å². The zero-order valence-electron chi connectivity index (χ0n) is 11.1. The minimum absolute atomic E-state index is 1.00. The van der Waals surface area contributed by atoms with Crippen LogP contribution in [0.3, 0.4) is 0 Å². The summed E-state index contributed by atoms with van der Waals surface area (Å²) in [6, 6.07) is 0. The molecule has 0 saturated heterocycles. The van der Waals surface area contributed by atoms with Gasteiger partial charge in [0.25, 0.3) is 0 Å². The first-order valence-electron chi connectivity index (χ1n) is 7.14. The van der Waals surface area contributed by atoms with E-state index in [1.165, 1.54) is 64.2 Å². The predicted molar refractivity (Wildman–Crippen MR) is 71.0 cm³/mol. The lowest BCUT2D eigenvalue weighted by atomic mass is 9.90. The summed E-state index contributed by atoms with van der Waals surface area (Å²) in [4.78, 5) is 0. The van der Waals surface area contributed by atoms with Gasteiger partial charge in [-0.2, -0.15) is 0 Å². The molecule has 0 heterocycles. The second-order valence-corrected chi connectivity index (χ2v) is 4.85. The minimum Gasteiger partial charge on any atom is -0.0654 e. The van der Waals surface area contributed by atoms with Crippen LogP contribution < -0.4 is 0 Å². The normalized spacial score (nSPS) is 11.2. The SMILES string of the molecule is [CH2]CCCC(CCCCC)CCCCC. The van der Waals surface area contributed by atoms with Gasteiger partial charge in [-0.1, -0.05) is 91.4 Å². The number of hydrogen-bond donors (Lipinski definition) is 0. The third-order valence-electron chi connectivity index (χ3n) is 3.29. The standard InChI is InChI=1S/C15H31/c1-4-7-10-13-15(12-9-6-3)14-11-8-5-2/h15H,3-14H2,1-2H3. The van der Waals surface area contributed by atoms with Crippen molar-refractivity contribution in [1.29, 1.82) is 0 Å². The fraction of sp³-hybridized carbons (Fsp3) is 0.933. The van der Waals surface area contributed by atoms with Gasteiger partial charge in [-0.25, -0.2) is 0 Å². The quantitative estimate of drug-likeness (QED) is 0.381. The summed E-state index contributed by atoms with van der Waals surface area (Å²) in [5, 5.41) is 0. The lowest BCUT2D eigenvalue weighted by Gasteiger charge is -2.16. The highest BCUT2D eigenvalue weighted by atomic mass is 14.1. The van der Waals surface area contributed by atoms with Crippen molar-refractivity contribution in [3.05, 3.63) is 6.92 Å². The molecule has 0 aliphatic rings. The van der Waals surface area contributed by atoms with E-state index in [9.17, 15) is 0 Å². The van der Waals surface area contributed by atoms with Crippen molar-refractivity contribution in [2.45, 2.75) is 84.5 Å². The molecule has 0 rings (SSSR count). The van der Waals surface area contributed by atoms with Crippen LogP contribution in [0, 0.1) is 12.8 Å². The Morgan fingerprint density at radius 3 is 1.60 bits per heavy atom. The molecule has 15 heavy (non-hydrogen) atoms. The van der Waals surface area contributed by atoms with E-state index in [1.54, 1.807) is 0 Å². The monoisotopic (exact) mass is 211 g/mol. The molecule has 0 amide bonds. The van der Waals surface area contributed by atoms with Gasteiger partial charge < -0.3 is 0 Å². The van der Waals surface area contributed by atoms with Crippen LogP contribution in [-0.2, 0) is 0 Å². The molecule has 0 bridgehead atoms. The minimum atomic E-state index is 1.00. The molecule has 1 radical (unpaired) electrons. The molecule has 91 valence electrons. The van der Waals surface area contributed by atoms with Crippen molar-refractivity contribution in [1.82, 2.24) is 0 Å². The number of unbranched alkanes of at least 4 members (excludes halogenated alkanes) is 5. The summed E-state index contributed by atoms with van der Waals surface area (Å²) < 4.78 is 0. The zero-order valence-corrected chi connectivity index (χ0v) is 11.1. The van der Waals surface area contributed by atoms with Crippen LogP contribution in [0.25, 0.3) is 0 Å². The Hall–Kier alpha value is 0. The van der Waals surface area contributed by atoms with Gasteiger partial charge in [0.1, 0.15) is 0 Å². The summed E-state index contributed by atoms with van der Waals surface area (Å²) in [5.41, 5.74) is 0. The molecule has 0 unspecified atom stereocenters. The van der Waals surface area contributed by atoms with E-state index in [2.05, 4.69) is 20.8 Å². The van der Waals surface area contributed by atoms with Gasteiger partial charge in [-0.05, 0) is 5.92 Å². The first-order chi connectivity index (χ1) is 7.35. The van der Waals surface area contributed by atoms with Crippen LogP contribution in [0.4, 0.5) is 0 Å². The molecular formula is C15H31. The maximum atomic E-state index is 3.95. The molecule has 0 aliphatic carbocycles. The fourth-order valence-electron chi connectivity index (χ4n) is 2.23. The van der Waals surface area contributed by atoms with Gasteiger partial charge in [-0.3, -0.25) is 0 Å². The maximum absolute atomic E-state index is 3.95. The molecule has 0 nitrogen and oxygen atoms in total. The molecule has 0 atom stereocenters. The lowest BCUT2D eigenvalue weighted by molar-refractivity contribution is 0.378. The van der Waals surface area contributed by atoms with Gasteiger partial charge in [-0.15, -0.1) is 0 Å². The summed E-state index contributed by atoms with van der Waals surface area (Å²) >= 11 is 0. The van der Waals surface area contributed by atoms with Crippen molar-refractivity contribution < 1.29 is 0 Å². The molecule has 0 aromatic rings. The van der Waals surface area contributed by atoms with Gasteiger partial charge in [0.2, 0.25) is 0 Å². The van der Waals surface area contributed by atoms with Crippen LogP contribution >= 0.6 is 0 Å². The van der Waals surface area contributed by atoms with Crippen molar-refractivity contribution >= 4 is 0 Å². The van der Waals surface area contributed by atoms with Gasteiger partial charge >= 0.3 is 0 Å². The summed E-state index contributed by atoms with van der Waals surface area (Å²) in [5.74, 6) is 1.00. The molecule has 0 N–H and O–H groups in total. The van der Waals surface area contributed by atoms with Crippen LogP contribution in [0.15, 0.2) is 0 Å². The third kappa shape index (κ3) is 10.3. The Morgan fingerprint density at radius 2 is 1.20 bits per heavy atom. The van der Waals surface area contributed by atoms with Crippen molar-refractivity contribution in [2.24, 2.45) is 5.92 Å². The van der Waals surface area contributed by atoms with Crippen LogP contribution in [0.5, 0.6) is 0 Å². The first kappa shape index (κ1) is 15.0. The first-order valence-corrected chi connectivity index (χ1v) is 7.14. The van der Waals surface area contributed by atoms with Gasteiger partial charge in [0.15, 0.2) is 0 Å².